The highest BCUT2D eigenvalue weighted by Gasteiger charge is 2.34. The topological polar surface area (TPSA) is 109 Å². The van der Waals surface area contributed by atoms with Crippen LogP contribution in [0.5, 0.6) is 0 Å². The van der Waals surface area contributed by atoms with Crippen molar-refractivity contribution in [3.8, 4) is 0 Å². The molecule has 9 nitrogen and oxygen atoms in total. The fourth-order valence-corrected chi connectivity index (χ4v) is 6.31. The SMILES string of the molecule is CCOC(=O)C1=C(C)N=c2sc(=Cc3c(C)n(CC)c4ccccc34)c(=O)n2C1c1ccc(C)c([N+](=O)[O-])c1. The minimum Gasteiger partial charge on any atom is -0.463 e. The highest BCUT2D eigenvalue weighted by Crippen LogP contribution is 2.33. The maximum absolute atomic E-state index is 14.0. The van der Waals surface area contributed by atoms with Gasteiger partial charge in [0.15, 0.2) is 4.80 Å². The summed E-state index contributed by atoms with van der Waals surface area (Å²) in [7, 11) is 0. The molecule has 2 aromatic heterocycles. The predicted octanol–water partition coefficient (Wildman–Crippen LogP) is 4.30. The summed E-state index contributed by atoms with van der Waals surface area (Å²) < 4.78 is 9.45. The fourth-order valence-electron chi connectivity index (χ4n) is 5.28. The molecule has 0 aliphatic carbocycles. The van der Waals surface area contributed by atoms with E-state index in [-0.39, 0.29) is 23.4 Å². The second-order valence-corrected chi connectivity index (χ2v) is 10.4. The Balaban J connectivity index is 1.79. The third-order valence-electron chi connectivity index (χ3n) is 7.13. The zero-order valence-electron chi connectivity index (χ0n) is 22.3. The lowest BCUT2D eigenvalue weighted by Crippen LogP contribution is -2.40. The number of nitro groups is 1. The van der Waals surface area contributed by atoms with E-state index < -0.39 is 16.9 Å². The van der Waals surface area contributed by atoms with Gasteiger partial charge >= 0.3 is 5.97 Å². The van der Waals surface area contributed by atoms with Gasteiger partial charge in [0.2, 0.25) is 0 Å². The molecule has 0 amide bonds. The molecule has 0 saturated carbocycles. The number of fused-ring (bicyclic) bond motifs is 2. The summed E-state index contributed by atoms with van der Waals surface area (Å²) in [6.07, 6.45) is 1.88. The number of carbonyl (C=O) groups is 1. The van der Waals surface area contributed by atoms with Gasteiger partial charge in [-0.15, -0.1) is 0 Å². The Morgan fingerprint density at radius 3 is 2.62 bits per heavy atom. The molecule has 39 heavy (non-hydrogen) atoms. The number of hydrogen-bond acceptors (Lipinski definition) is 7. The second-order valence-electron chi connectivity index (χ2n) is 9.37. The van der Waals surface area contributed by atoms with Gasteiger partial charge in [0.1, 0.15) is 0 Å². The van der Waals surface area contributed by atoms with Crippen LogP contribution in [-0.2, 0) is 16.1 Å². The number of ether oxygens (including phenoxy) is 1. The molecule has 1 unspecified atom stereocenters. The molecule has 1 aliphatic rings. The quantitative estimate of drug-likeness (QED) is 0.204. The summed E-state index contributed by atoms with van der Waals surface area (Å²) in [5.41, 5.74) is 4.18. The summed E-state index contributed by atoms with van der Waals surface area (Å²) in [5.74, 6) is -0.608. The van der Waals surface area contributed by atoms with Gasteiger partial charge in [0.25, 0.3) is 11.2 Å². The summed E-state index contributed by atoms with van der Waals surface area (Å²) in [4.78, 5) is 43.4. The third kappa shape index (κ3) is 4.30. The van der Waals surface area contributed by atoms with Crippen LogP contribution in [-0.4, -0.2) is 26.6 Å². The van der Waals surface area contributed by atoms with E-state index in [9.17, 15) is 19.7 Å². The summed E-state index contributed by atoms with van der Waals surface area (Å²) >= 11 is 1.23. The molecule has 0 radical (unpaired) electrons. The first-order valence-corrected chi connectivity index (χ1v) is 13.5. The first-order valence-electron chi connectivity index (χ1n) is 12.7. The molecular formula is C29H28N4O5S. The first-order chi connectivity index (χ1) is 18.7. The molecular weight excluding hydrogens is 516 g/mol. The van der Waals surface area contributed by atoms with E-state index in [4.69, 9.17) is 4.74 Å². The van der Waals surface area contributed by atoms with Gasteiger partial charge in [0.05, 0.1) is 33.4 Å². The number of esters is 1. The van der Waals surface area contributed by atoms with E-state index in [1.807, 2.05) is 31.2 Å². The molecule has 5 rings (SSSR count). The van der Waals surface area contributed by atoms with Crippen molar-refractivity contribution in [2.24, 2.45) is 4.99 Å². The number of para-hydroxylation sites is 1. The highest BCUT2D eigenvalue weighted by molar-refractivity contribution is 7.07. The van der Waals surface area contributed by atoms with Crippen molar-refractivity contribution < 1.29 is 14.5 Å². The summed E-state index contributed by atoms with van der Waals surface area (Å²) in [6, 6.07) is 11.9. The van der Waals surface area contributed by atoms with Crippen LogP contribution in [0.2, 0.25) is 0 Å². The van der Waals surface area contributed by atoms with Crippen molar-refractivity contribution in [3.05, 3.63) is 106 Å². The normalized spacial score (nSPS) is 15.4. The van der Waals surface area contributed by atoms with Crippen molar-refractivity contribution >= 4 is 40.0 Å². The van der Waals surface area contributed by atoms with Crippen LogP contribution in [0.3, 0.4) is 0 Å². The van der Waals surface area contributed by atoms with Crippen LogP contribution in [0, 0.1) is 24.0 Å². The number of thiazole rings is 1. The zero-order chi connectivity index (χ0) is 28.0. The van der Waals surface area contributed by atoms with Crippen molar-refractivity contribution in [1.29, 1.82) is 0 Å². The van der Waals surface area contributed by atoms with Gasteiger partial charge in [-0.3, -0.25) is 19.5 Å². The lowest BCUT2D eigenvalue weighted by Gasteiger charge is -2.24. The Hall–Kier alpha value is -4.31. The van der Waals surface area contributed by atoms with Crippen LogP contribution in [0.25, 0.3) is 17.0 Å². The molecule has 200 valence electrons. The molecule has 2 aromatic carbocycles. The molecule has 1 aliphatic heterocycles. The minimum absolute atomic E-state index is 0.0875. The standard InChI is InChI=1S/C29H28N4O5S/c1-6-31-18(5)21(20-10-8-9-11-22(20)31)15-24-27(34)32-26(19-13-12-16(3)23(14-19)33(36)37)25(28(35)38-7-2)17(4)30-29(32)39-24/h8-15,26H,6-7H2,1-5H3. The number of nitro benzene ring substituents is 1. The lowest BCUT2D eigenvalue weighted by molar-refractivity contribution is -0.385. The molecule has 0 fully saturated rings. The number of nitrogens with zero attached hydrogens (tertiary/aromatic N) is 4. The number of hydrogen-bond donors (Lipinski definition) is 0. The smallest absolute Gasteiger partial charge is 0.338 e. The molecule has 3 heterocycles. The molecule has 0 saturated heterocycles. The number of aryl methyl sites for hydroxylation is 2. The predicted molar refractivity (Wildman–Crippen MR) is 151 cm³/mol. The molecule has 0 spiro atoms. The first kappa shape index (κ1) is 26.3. The second kappa shape index (κ2) is 10.1. The Kier molecular flexibility index (Phi) is 6.82. The number of aromatic nitrogens is 2. The van der Waals surface area contributed by atoms with Gasteiger partial charge in [-0.25, -0.2) is 9.79 Å². The molecule has 0 N–H and O–H groups in total. The van der Waals surface area contributed by atoms with Gasteiger partial charge < -0.3 is 9.30 Å². The van der Waals surface area contributed by atoms with Gasteiger partial charge in [-0.2, -0.15) is 0 Å². The molecule has 1 atom stereocenters. The van der Waals surface area contributed by atoms with Crippen LogP contribution >= 0.6 is 11.3 Å². The zero-order valence-corrected chi connectivity index (χ0v) is 23.2. The Labute approximate surface area is 228 Å². The van der Waals surface area contributed by atoms with E-state index in [0.717, 1.165) is 28.7 Å². The monoisotopic (exact) mass is 544 g/mol. The average Bonchev–Trinajstić information content (AvgIpc) is 3.36. The van der Waals surface area contributed by atoms with E-state index in [1.165, 1.54) is 22.0 Å². The number of allylic oxidation sites excluding steroid dienone is 1. The van der Waals surface area contributed by atoms with E-state index in [0.29, 0.717) is 26.2 Å². The molecule has 4 aromatic rings. The third-order valence-corrected chi connectivity index (χ3v) is 8.12. The number of benzene rings is 2. The van der Waals surface area contributed by atoms with E-state index in [2.05, 4.69) is 22.5 Å². The number of rotatable bonds is 6. The lowest BCUT2D eigenvalue weighted by atomic mass is 9.94. The minimum atomic E-state index is -0.917. The largest absolute Gasteiger partial charge is 0.463 e. The summed E-state index contributed by atoms with van der Waals surface area (Å²) in [6.45, 7) is 10.1. The van der Waals surface area contributed by atoms with E-state index in [1.54, 1.807) is 32.9 Å². The summed E-state index contributed by atoms with van der Waals surface area (Å²) in [5, 5.41) is 12.8. The van der Waals surface area contributed by atoms with Crippen LogP contribution in [0.4, 0.5) is 5.69 Å². The Bertz CT molecular complexity index is 1880. The van der Waals surface area contributed by atoms with Gasteiger partial charge in [-0.05, 0) is 52.3 Å². The molecule has 0 bridgehead atoms. The van der Waals surface area contributed by atoms with Crippen LogP contribution < -0.4 is 14.9 Å². The van der Waals surface area contributed by atoms with Gasteiger partial charge in [0, 0.05) is 40.3 Å². The maximum atomic E-state index is 14.0. The average molecular weight is 545 g/mol. The Morgan fingerprint density at radius 2 is 1.92 bits per heavy atom. The van der Waals surface area contributed by atoms with Crippen molar-refractivity contribution in [2.45, 2.75) is 47.2 Å². The van der Waals surface area contributed by atoms with Crippen molar-refractivity contribution in [1.82, 2.24) is 9.13 Å². The highest BCUT2D eigenvalue weighted by atomic mass is 32.1. The van der Waals surface area contributed by atoms with Gasteiger partial charge in [-0.1, -0.05) is 41.7 Å². The van der Waals surface area contributed by atoms with Crippen LogP contribution in [0.15, 0.2) is 63.5 Å². The van der Waals surface area contributed by atoms with Crippen molar-refractivity contribution in [2.75, 3.05) is 6.61 Å². The number of carbonyl (C=O) groups excluding carboxylic acids is 1. The fraction of sp³-hybridized carbons (Fsp3) is 0.276. The molecule has 10 heteroatoms. The van der Waals surface area contributed by atoms with Crippen LogP contribution in [0.1, 0.15) is 49.2 Å². The van der Waals surface area contributed by atoms with E-state index >= 15 is 0 Å². The van der Waals surface area contributed by atoms with Crippen molar-refractivity contribution in [3.63, 3.8) is 0 Å². The maximum Gasteiger partial charge on any atom is 0.338 e. The Morgan fingerprint density at radius 1 is 1.18 bits per heavy atom.